The Morgan fingerprint density at radius 3 is 2.43 bits per heavy atom. The van der Waals surface area contributed by atoms with Crippen LogP contribution in [0.15, 0.2) is 24.4 Å². The zero-order chi connectivity index (χ0) is 16.1. The first kappa shape index (κ1) is 15.7. The van der Waals surface area contributed by atoms with Crippen LogP contribution >= 0.6 is 0 Å². The first-order valence-corrected chi connectivity index (χ1v) is 8.64. The molecular formula is C18H25N5. The van der Waals surface area contributed by atoms with Gasteiger partial charge < -0.3 is 10.6 Å². The number of hydrogen-bond donors (Lipinski definition) is 2. The highest BCUT2D eigenvalue weighted by Crippen LogP contribution is 2.26. The van der Waals surface area contributed by atoms with Gasteiger partial charge in [0.1, 0.15) is 0 Å². The Kier molecular flexibility index (Phi) is 5.05. The molecule has 0 aliphatic heterocycles. The smallest absolute Gasteiger partial charge is 0.244 e. The molecule has 0 bridgehead atoms. The summed E-state index contributed by atoms with van der Waals surface area (Å²) in [5.74, 6) is 1.37. The van der Waals surface area contributed by atoms with Crippen LogP contribution in [0, 0.1) is 0 Å². The molecule has 1 aliphatic carbocycles. The van der Waals surface area contributed by atoms with Gasteiger partial charge in [-0.2, -0.15) is 10.1 Å². The Morgan fingerprint density at radius 2 is 1.78 bits per heavy atom. The van der Waals surface area contributed by atoms with E-state index in [1.54, 1.807) is 6.20 Å². The third kappa shape index (κ3) is 3.78. The van der Waals surface area contributed by atoms with Gasteiger partial charge in [-0.15, -0.1) is 5.10 Å². The summed E-state index contributed by atoms with van der Waals surface area (Å²) in [5, 5.41) is 15.1. The summed E-state index contributed by atoms with van der Waals surface area (Å²) in [7, 11) is 0. The lowest BCUT2D eigenvalue weighted by Gasteiger charge is -2.16. The summed E-state index contributed by atoms with van der Waals surface area (Å²) in [6.45, 7) is 4.34. The molecule has 0 unspecified atom stereocenters. The molecule has 1 fully saturated rings. The number of nitrogens with one attached hydrogen (secondary N) is 2. The standard InChI is InChI=1S/C18H25N5/c1-3-13-8-7-9-14(4-2)17(13)21-16-12-19-23-18(22-16)20-15-10-5-6-11-15/h7-9,12,15H,3-6,10-11H2,1-2H3,(H2,20,21,22,23). The molecule has 0 spiro atoms. The van der Waals surface area contributed by atoms with E-state index < -0.39 is 0 Å². The molecule has 0 saturated heterocycles. The van der Waals surface area contributed by atoms with E-state index in [4.69, 9.17) is 0 Å². The van der Waals surface area contributed by atoms with Crippen molar-refractivity contribution in [3.8, 4) is 0 Å². The van der Waals surface area contributed by atoms with Gasteiger partial charge in [0.2, 0.25) is 5.95 Å². The number of nitrogens with zero attached hydrogens (tertiary/aromatic N) is 3. The van der Waals surface area contributed by atoms with Crippen LogP contribution in [-0.4, -0.2) is 21.2 Å². The van der Waals surface area contributed by atoms with Gasteiger partial charge in [0.05, 0.1) is 6.20 Å². The van der Waals surface area contributed by atoms with Gasteiger partial charge >= 0.3 is 0 Å². The minimum Gasteiger partial charge on any atom is -0.350 e. The van der Waals surface area contributed by atoms with E-state index in [9.17, 15) is 0 Å². The number of para-hydroxylation sites is 1. The minimum absolute atomic E-state index is 0.487. The van der Waals surface area contributed by atoms with Crippen molar-refractivity contribution >= 4 is 17.5 Å². The van der Waals surface area contributed by atoms with E-state index in [-0.39, 0.29) is 0 Å². The van der Waals surface area contributed by atoms with Crippen molar-refractivity contribution in [2.24, 2.45) is 0 Å². The molecule has 122 valence electrons. The van der Waals surface area contributed by atoms with Gasteiger partial charge in [0.15, 0.2) is 5.82 Å². The lowest BCUT2D eigenvalue weighted by atomic mass is 10.0. The van der Waals surface area contributed by atoms with Gasteiger partial charge in [-0.25, -0.2) is 0 Å². The molecule has 0 radical (unpaired) electrons. The maximum absolute atomic E-state index is 4.59. The van der Waals surface area contributed by atoms with Crippen LogP contribution in [0.5, 0.6) is 0 Å². The van der Waals surface area contributed by atoms with Crippen molar-refractivity contribution < 1.29 is 0 Å². The van der Waals surface area contributed by atoms with Gasteiger partial charge in [0.25, 0.3) is 0 Å². The average molecular weight is 311 g/mol. The molecule has 2 N–H and O–H groups in total. The number of benzene rings is 1. The summed E-state index contributed by atoms with van der Waals surface area (Å²) in [4.78, 5) is 4.59. The number of anilines is 3. The topological polar surface area (TPSA) is 62.7 Å². The van der Waals surface area contributed by atoms with Crippen molar-refractivity contribution in [2.45, 2.75) is 58.4 Å². The SMILES string of the molecule is CCc1cccc(CC)c1Nc1cnnc(NC2CCCC2)n1. The molecule has 1 aromatic carbocycles. The van der Waals surface area contributed by atoms with E-state index >= 15 is 0 Å². The molecule has 2 aromatic rings. The second-order valence-electron chi connectivity index (χ2n) is 6.07. The lowest BCUT2D eigenvalue weighted by molar-refractivity contribution is 0.738. The van der Waals surface area contributed by atoms with Crippen molar-refractivity contribution in [1.82, 2.24) is 15.2 Å². The Balaban J connectivity index is 1.80. The summed E-state index contributed by atoms with van der Waals surface area (Å²) in [6, 6.07) is 6.93. The fraction of sp³-hybridized carbons (Fsp3) is 0.500. The maximum atomic E-state index is 4.59. The van der Waals surface area contributed by atoms with Gasteiger partial charge in [-0.3, -0.25) is 0 Å². The van der Waals surface area contributed by atoms with Crippen molar-refractivity contribution in [3.05, 3.63) is 35.5 Å². The zero-order valence-corrected chi connectivity index (χ0v) is 14.0. The average Bonchev–Trinajstić information content (AvgIpc) is 3.08. The first-order chi connectivity index (χ1) is 11.3. The fourth-order valence-corrected chi connectivity index (χ4v) is 3.21. The fourth-order valence-electron chi connectivity index (χ4n) is 3.21. The molecule has 0 amide bonds. The molecule has 1 aromatic heterocycles. The van der Waals surface area contributed by atoms with Crippen LogP contribution in [0.1, 0.15) is 50.7 Å². The van der Waals surface area contributed by atoms with Crippen LogP contribution in [0.2, 0.25) is 0 Å². The summed E-state index contributed by atoms with van der Waals surface area (Å²) in [6.07, 6.45) is 8.62. The van der Waals surface area contributed by atoms with E-state index in [1.807, 2.05) is 0 Å². The number of aryl methyl sites for hydroxylation is 2. The highest BCUT2D eigenvalue weighted by atomic mass is 15.3. The van der Waals surface area contributed by atoms with E-state index in [2.05, 4.69) is 57.9 Å². The quantitative estimate of drug-likeness (QED) is 0.841. The predicted molar refractivity (Wildman–Crippen MR) is 94.2 cm³/mol. The van der Waals surface area contributed by atoms with E-state index in [1.165, 1.54) is 36.8 Å². The van der Waals surface area contributed by atoms with Crippen LogP contribution in [0.25, 0.3) is 0 Å². The minimum atomic E-state index is 0.487. The van der Waals surface area contributed by atoms with Gasteiger partial charge in [-0.1, -0.05) is 44.9 Å². The third-order valence-electron chi connectivity index (χ3n) is 4.50. The molecular weight excluding hydrogens is 286 g/mol. The second kappa shape index (κ2) is 7.40. The van der Waals surface area contributed by atoms with Crippen LogP contribution in [-0.2, 0) is 12.8 Å². The molecule has 1 aliphatic rings. The van der Waals surface area contributed by atoms with E-state index in [0.29, 0.717) is 12.0 Å². The molecule has 3 rings (SSSR count). The molecule has 1 saturated carbocycles. The largest absolute Gasteiger partial charge is 0.350 e. The Hall–Kier alpha value is -2.17. The van der Waals surface area contributed by atoms with Crippen LogP contribution in [0.4, 0.5) is 17.5 Å². The highest BCUT2D eigenvalue weighted by Gasteiger charge is 2.16. The van der Waals surface area contributed by atoms with Crippen molar-refractivity contribution in [3.63, 3.8) is 0 Å². The number of hydrogen-bond acceptors (Lipinski definition) is 5. The van der Waals surface area contributed by atoms with Gasteiger partial charge in [0, 0.05) is 11.7 Å². The van der Waals surface area contributed by atoms with Crippen LogP contribution in [0.3, 0.4) is 0 Å². The zero-order valence-electron chi connectivity index (χ0n) is 14.0. The summed E-state index contributed by atoms with van der Waals surface area (Å²) < 4.78 is 0. The summed E-state index contributed by atoms with van der Waals surface area (Å²) in [5.41, 5.74) is 3.76. The molecule has 0 atom stereocenters. The monoisotopic (exact) mass is 311 g/mol. The third-order valence-corrected chi connectivity index (χ3v) is 4.50. The predicted octanol–water partition coefficient (Wildman–Crippen LogP) is 4.09. The molecule has 5 nitrogen and oxygen atoms in total. The van der Waals surface area contributed by atoms with Crippen LogP contribution < -0.4 is 10.6 Å². The first-order valence-electron chi connectivity index (χ1n) is 8.64. The number of rotatable bonds is 6. The Morgan fingerprint density at radius 1 is 1.09 bits per heavy atom. The Labute approximate surface area is 137 Å². The lowest BCUT2D eigenvalue weighted by Crippen LogP contribution is -2.17. The van der Waals surface area contributed by atoms with E-state index in [0.717, 1.165) is 24.3 Å². The second-order valence-corrected chi connectivity index (χ2v) is 6.07. The van der Waals surface area contributed by atoms with Gasteiger partial charge in [-0.05, 0) is 36.8 Å². The highest BCUT2D eigenvalue weighted by molar-refractivity contribution is 5.65. The summed E-state index contributed by atoms with van der Waals surface area (Å²) >= 11 is 0. The molecule has 1 heterocycles. The normalized spacial score (nSPS) is 14.9. The van der Waals surface area contributed by atoms with Crippen molar-refractivity contribution in [2.75, 3.05) is 10.6 Å². The molecule has 5 heteroatoms. The van der Waals surface area contributed by atoms with Crippen molar-refractivity contribution in [1.29, 1.82) is 0 Å². The number of aromatic nitrogens is 3. The maximum Gasteiger partial charge on any atom is 0.244 e. The Bertz CT molecular complexity index is 627. The molecule has 23 heavy (non-hydrogen) atoms.